The van der Waals surface area contributed by atoms with Crippen LogP contribution in [-0.2, 0) is 9.47 Å². The van der Waals surface area contributed by atoms with Crippen molar-refractivity contribution < 1.29 is 36.5 Å². The molecule has 66 heavy (non-hydrogen) atoms. The molecule has 0 N–H and O–H groups in total. The largest absolute Gasteiger partial charge is 0.490 e. The highest BCUT2D eigenvalue weighted by atomic mass is 19.2. The van der Waals surface area contributed by atoms with Crippen LogP contribution in [0.3, 0.4) is 0 Å². The maximum absolute atomic E-state index is 15.6. The number of rotatable bonds is 24. The van der Waals surface area contributed by atoms with Gasteiger partial charge in [-0.2, -0.15) is 8.78 Å². The summed E-state index contributed by atoms with van der Waals surface area (Å²) in [6.07, 6.45) is 36.4. The van der Waals surface area contributed by atoms with Crippen molar-refractivity contribution in [3.63, 3.8) is 0 Å². The Balaban J connectivity index is 0.807. The highest BCUT2D eigenvalue weighted by Gasteiger charge is 2.36. The summed E-state index contributed by atoms with van der Waals surface area (Å²) in [6, 6.07) is 6.54. The van der Waals surface area contributed by atoms with Crippen molar-refractivity contribution in [2.75, 3.05) is 26.4 Å². The molecule has 7 rings (SSSR count). The van der Waals surface area contributed by atoms with Crippen LogP contribution in [0.1, 0.15) is 236 Å². The third-order valence-electron chi connectivity index (χ3n) is 17.6. The Morgan fingerprint density at radius 1 is 0.439 bits per heavy atom. The van der Waals surface area contributed by atoms with E-state index in [1.165, 1.54) is 128 Å². The predicted octanol–water partition coefficient (Wildman–Crippen LogP) is 17.5. The van der Waals surface area contributed by atoms with Gasteiger partial charge in [-0.05, 0) is 128 Å². The second kappa shape index (κ2) is 26.6. The number of halogens is 4. The van der Waals surface area contributed by atoms with Crippen molar-refractivity contribution >= 4 is 0 Å². The average molecular weight is 925 g/mol. The van der Waals surface area contributed by atoms with Crippen LogP contribution < -0.4 is 9.47 Å². The standard InChI is InChI=1S/C58H88F4O4/c1-3-5-7-10-42-12-16-44(17-13-42)20-22-46-24-28-48(29-25-46)50-32-34-52(56(61)54(50)59)63-40-36-58(65-38-9-39-66-58)37-41-64-53-35-33-51(55(60)57(53)62)49-30-26-47(27-31-49)23-21-45-18-14-43(15-19-45)11-8-6-4-2/h32-35,42-49H,3-31,36-41H2,1-2H3. The van der Waals surface area contributed by atoms with Crippen molar-refractivity contribution in [3.8, 4) is 11.5 Å². The summed E-state index contributed by atoms with van der Waals surface area (Å²) in [5.41, 5.74) is 0.921. The van der Waals surface area contributed by atoms with Gasteiger partial charge in [-0.3, -0.25) is 0 Å². The summed E-state index contributed by atoms with van der Waals surface area (Å²) >= 11 is 0. The van der Waals surface area contributed by atoms with Crippen LogP contribution in [0.4, 0.5) is 17.6 Å². The van der Waals surface area contributed by atoms with Gasteiger partial charge >= 0.3 is 0 Å². The molecule has 2 aromatic rings. The first-order chi connectivity index (χ1) is 32.2. The molecule has 0 bridgehead atoms. The zero-order chi connectivity index (χ0) is 46.1. The monoisotopic (exact) mass is 925 g/mol. The maximum atomic E-state index is 15.6. The summed E-state index contributed by atoms with van der Waals surface area (Å²) in [5.74, 6) is 0.232. The minimum absolute atomic E-state index is 0.0271. The fourth-order valence-electron chi connectivity index (χ4n) is 13.1. The van der Waals surface area contributed by atoms with Crippen LogP contribution in [0.25, 0.3) is 0 Å². The maximum Gasteiger partial charge on any atom is 0.200 e. The van der Waals surface area contributed by atoms with Crippen molar-refractivity contribution in [1.82, 2.24) is 0 Å². The van der Waals surface area contributed by atoms with Gasteiger partial charge in [0.25, 0.3) is 0 Å². The van der Waals surface area contributed by atoms with Crippen molar-refractivity contribution in [2.24, 2.45) is 35.5 Å². The Bertz CT molecular complexity index is 1580. The van der Waals surface area contributed by atoms with E-state index in [-0.39, 0.29) is 49.4 Å². The third-order valence-corrected chi connectivity index (χ3v) is 17.6. The molecule has 2 aromatic carbocycles. The van der Waals surface area contributed by atoms with Gasteiger partial charge in [0.15, 0.2) is 28.9 Å². The fraction of sp³-hybridized carbons (Fsp3) is 0.793. The number of benzene rings is 2. The van der Waals surface area contributed by atoms with Gasteiger partial charge < -0.3 is 18.9 Å². The first kappa shape index (κ1) is 51.5. The first-order valence-electron chi connectivity index (χ1n) is 27.7. The molecule has 0 spiro atoms. The van der Waals surface area contributed by atoms with Gasteiger partial charge in [0.1, 0.15) is 0 Å². The van der Waals surface area contributed by atoms with E-state index in [4.69, 9.17) is 18.9 Å². The molecule has 4 saturated carbocycles. The van der Waals surface area contributed by atoms with Gasteiger partial charge in [0.2, 0.25) is 11.6 Å². The average Bonchev–Trinajstić information content (AvgIpc) is 3.35. The van der Waals surface area contributed by atoms with E-state index in [0.29, 0.717) is 36.2 Å². The Labute approximate surface area is 397 Å². The number of hydrogen-bond donors (Lipinski definition) is 0. The minimum Gasteiger partial charge on any atom is -0.490 e. The zero-order valence-electron chi connectivity index (χ0n) is 41.3. The number of ether oxygens (including phenoxy) is 4. The molecule has 0 atom stereocenters. The first-order valence-corrected chi connectivity index (χ1v) is 27.7. The lowest BCUT2D eigenvalue weighted by atomic mass is 9.74. The number of unbranched alkanes of at least 4 members (excludes halogenated alkanes) is 4. The summed E-state index contributed by atoms with van der Waals surface area (Å²) in [7, 11) is 0. The number of hydrogen-bond acceptors (Lipinski definition) is 4. The molecule has 1 saturated heterocycles. The van der Waals surface area contributed by atoms with Crippen LogP contribution in [0.15, 0.2) is 24.3 Å². The van der Waals surface area contributed by atoms with Crippen molar-refractivity contribution in [1.29, 1.82) is 0 Å². The van der Waals surface area contributed by atoms with E-state index in [1.807, 2.05) is 0 Å². The van der Waals surface area contributed by atoms with Gasteiger partial charge in [0, 0.05) is 12.8 Å². The normalized spacial score (nSPS) is 28.3. The molecule has 372 valence electrons. The van der Waals surface area contributed by atoms with Gasteiger partial charge in [-0.15, -0.1) is 0 Å². The third kappa shape index (κ3) is 14.8. The molecule has 1 aliphatic heterocycles. The fourth-order valence-corrected chi connectivity index (χ4v) is 13.1. The Hall–Kier alpha value is -2.32. The highest BCUT2D eigenvalue weighted by Crippen LogP contribution is 2.44. The Morgan fingerprint density at radius 2 is 0.773 bits per heavy atom. The Kier molecular flexibility index (Phi) is 20.8. The molecule has 0 aromatic heterocycles. The second-order valence-electron chi connectivity index (χ2n) is 22.1. The zero-order valence-corrected chi connectivity index (χ0v) is 41.3. The summed E-state index contributed by atoms with van der Waals surface area (Å²) in [5, 5.41) is 0. The lowest BCUT2D eigenvalue weighted by Gasteiger charge is -2.37. The van der Waals surface area contributed by atoms with Gasteiger partial charge in [0.05, 0.1) is 26.4 Å². The Morgan fingerprint density at radius 3 is 1.12 bits per heavy atom. The van der Waals surface area contributed by atoms with E-state index in [9.17, 15) is 0 Å². The molecule has 0 amide bonds. The van der Waals surface area contributed by atoms with Gasteiger partial charge in [-0.1, -0.05) is 154 Å². The molecule has 5 fully saturated rings. The van der Waals surface area contributed by atoms with E-state index in [1.54, 1.807) is 24.3 Å². The molecular weight excluding hydrogens is 837 g/mol. The molecule has 1 heterocycles. The summed E-state index contributed by atoms with van der Waals surface area (Å²) in [6.45, 7) is 5.54. The van der Waals surface area contributed by atoms with Crippen LogP contribution in [0.5, 0.6) is 11.5 Å². The van der Waals surface area contributed by atoms with Crippen LogP contribution >= 0.6 is 0 Å². The molecule has 5 aliphatic rings. The van der Waals surface area contributed by atoms with Gasteiger partial charge in [-0.25, -0.2) is 8.78 Å². The SMILES string of the molecule is CCCCCC1CCC(CCC2CCC(c3ccc(OCCC4(CCOc5ccc(C6CCC(CCC7CCC(CCCCC)CC7)CC6)c(F)c5F)OCCCO4)c(F)c3F)CC2)CC1. The molecule has 0 radical (unpaired) electrons. The van der Waals surface area contributed by atoms with E-state index in [0.717, 1.165) is 81.5 Å². The summed E-state index contributed by atoms with van der Waals surface area (Å²) < 4.78 is 86.1. The second-order valence-corrected chi connectivity index (χ2v) is 22.1. The van der Waals surface area contributed by atoms with Crippen LogP contribution in [0.2, 0.25) is 0 Å². The lowest BCUT2D eigenvalue weighted by molar-refractivity contribution is -0.277. The molecule has 4 nitrogen and oxygen atoms in total. The topological polar surface area (TPSA) is 36.9 Å². The van der Waals surface area contributed by atoms with Crippen LogP contribution in [-0.4, -0.2) is 32.2 Å². The van der Waals surface area contributed by atoms with E-state index < -0.39 is 29.1 Å². The molecule has 4 aliphatic carbocycles. The predicted molar refractivity (Wildman–Crippen MR) is 259 cm³/mol. The molecule has 0 unspecified atom stereocenters. The van der Waals surface area contributed by atoms with Crippen molar-refractivity contribution in [3.05, 3.63) is 58.7 Å². The minimum atomic E-state index is -1.10. The molecule has 8 heteroatoms. The van der Waals surface area contributed by atoms with E-state index in [2.05, 4.69) is 13.8 Å². The lowest BCUT2D eigenvalue weighted by Crippen LogP contribution is -2.43. The van der Waals surface area contributed by atoms with E-state index >= 15 is 17.6 Å². The highest BCUT2D eigenvalue weighted by molar-refractivity contribution is 5.34. The van der Waals surface area contributed by atoms with Crippen LogP contribution in [0, 0.1) is 58.8 Å². The summed E-state index contributed by atoms with van der Waals surface area (Å²) in [4.78, 5) is 0. The van der Waals surface area contributed by atoms with Crippen molar-refractivity contribution in [2.45, 2.75) is 231 Å². The quantitative estimate of drug-likeness (QED) is 0.0776. The molecular formula is C58H88F4O4. The smallest absolute Gasteiger partial charge is 0.200 e.